The zero-order chi connectivity index (χ0) is 14.8. The predicted octanol–water partition coefficient (Wildman–Crippen LogP) is 3.28. The smallest absolute Gasteiger partial charge is 0.293 e. The van der Waals surface area contributed by atoms with Crippen molar-refractivity contribution in [2.45, 2.75) is 6.42 Å². The van der Waals surface area contributed by atoms with Crippen LogP contribution >= 0.6 is 0 Å². The quantitative estimate of drug-likeness (QED) is 0.569. The molecule has 0 saturated heterocycles. The van der Waals surface area contributed by atoms with Gasteiger partial charge in [-0.25, -0.2) is 0 Å². The highest BCUT2D eigenvalue weighted by atomic mass is 16.6. The van der Waals surface area contributed by atoms with Gasteiger partial charge in [0.05, 0.1) is 4.92 Å². The summed E-state index contributed by atoms with van der Waals surface area (Å²) in [5.41, 5.74) is 3.13. The summed E-state index contributed by atoms with van der Waals surface area (Å²) in [6, 6.07) is 15.0. The third kappa shape index (κ3) is 2.51. The highest BCUT2D eigenvalue weighted by Gasteiger charge is 2.16. The Morgan fingerprint density at radius 1 is 1.14 bits per heavy atom. The van der Waals surface area contributed by atoms with E-state index in [4.69, 9.17) is 5.11 Å². The minimum atomic E-state index is -0.394. The van der Waals surface area contributed by atoms with Crippen molar-refractivity contribution in [1.82, 2.24) is 4.98 Å². The number of non-ortho nitro benzene ring substituents is 1. The SMILES string of the molecule is O=[N+]([O-])c1cc(CCO)cc2cc(-c3ccccc3)[nH]c12. The van der Waals surface area contributed by atoms with Crippen molar-refractivity contribution < 1.29 is 10.0 Å². The van der Waals surface area contributed by atoms with Gasteiger partial charge >= 0.3 is 0 Å². The van der Waals surface area contributed by atoms with E-state index < -0.39 is 4.92 Å². The van der Waals surface area contributed by atoms with Crippen LogP contribution in [-0.2, 0) is 6.42 Å². The standard InChI is InChI=1S/C16H14N2O3/c19-7-6-11-8-13-10-14(12-4-2-1-3-5-12)17-16(13)15(9-11)18(20)21/h1-5,8-10,17,19H,6-7H2. The number of aromatic nitrogens is 1. The van der Waals surface area contributed by atoms with Crippen molar-refractivity contribution in [3.8, 4) is 11.3 Å². The van der Waals surface area contributed by atoms with Gasteiger partial charge in [0.25, 0.3) is 5.69 Å². The Kier molecular flexibility index (Phi) is 3.41. The van der Waals surface area contributed by atoms with Crippen molar-refractivity contribution in [1.29, 1.82) is 0 Å². The number of hydrogen-bond donors (Lipinski definition) is 2. The second-order valence-electron chi connectivity index (χ2n) is 4.86. The molecule has 0 aliphatic heterocycles. The normalized spacial score (nSPS) is 10.9. The van der Waals surface area contributed by atoms with Crippen molar-refractivity contribution in [3.63, 3.8) is 0 Å². The van der Waals surface area contributed by atoms with Crippen LogP contribution < -0.4 is 0 Å². The van der Waals surface area contributed by atoms with Gasteiger partial charge < -0.3 is 10.1 Å². The summed E-state index contributed by atoms with van der Waals surface area (Å²) in [6.07, 6.45) is 0.405. The van der Waals surface area contributed by atoms with Gasteiger partial charge in [0.2, 0.25) is 0 Å². The van der Waals surface area contributed by atoms with Crippen LogP contribution in [0.1, 0.15) is 5.56 Å². The van der Waals surface area contributed by atoms with Crippen LogP contribution in [0.25, 0.3) is 22.2 Å². The Bertz CT molecular complexity index is 794. The van der Waals surface area contributed by atoms with Crippen LogP contribution in [0.2, 0.25) is 0 Å². The summed E-state index contributed by atoms with van der Waals surface area (Å²) in [7, 11) is 0. The van der Waals surface area contributed by atoms with E-state index in [1.807, 2.05) is 42.5 Å². The topological polar surface area (TPSA) is 79.2 Å². The summed E-state index contributed by atoms with van der Waals surface area (Å²) in [4.78, 5) is 14.0. The molecule has 3 rings (SSSR count). The fourth-order valence-corrected chi connectivity index (χ4v) is 2.48. The van der Waals surface area contributed by atoms with Crippen LogP contribution in [-0.4, -0.2) is 21.6 Å². The van der Waals surface area contributed by atoms with Gasteiger partial charge in [-0.05, 0) is 29.7 Å². The van der Waals surface area contributed by atoms with Gasteiger partial charge in [-0.2, -0.15) is 0 Å². The van der Waals surface area contributed by atoms with E-state index in [2.05, 4.69) is 4.98 Å². The molecule has 2 N–H and O–H groups in total. The zero-order valence-electron chi connectivity index (χ0n) is 11.2. The molecule has 21 heavy (non-hydrogen) atoms. The molecule has 2 aromatic carbocycles. The summed E-state index contributed by atoms with van der Waals surface area (Å²) in [5, 5.41) is 21.1. The van der Waals surface area contributed by atoms with Gasteiger partial charge in [0.1, 0.15) is 5.52 Å². The van der Waals surface area contributed by atoms with E-state index in [-0.39, 0.29) is 12.3 Å². The molecule has 0 spiro atoms. The van der Waals surface area contributed by atoms with E-state index in [0.717, 1.165) is 22.2 Å². The Morgan fingerprint density at radius 2 is 1.90 bits per heavy atom. The number of nitrogens with zero attached hydrogens (tertiary/aromatic N) is 1. The van der Waals surface area contributed by atoms with Gasteiger partial charge in [-0.15, -0.1) is 0 Å². The lowest BCUT2D eigenvalue weighted by molar-refractivity contribution is -0.383. The van der Waals surface area contributed by atoms with Crippen molar-refractivity contribution >= 4 is 16.6 Å². The van der Waals surface area contributed by atoms with Crippen molar-refractivity contribution in [2.24, 2.45) is 0 Å². The molecule has 0 atom stereocenters. The molecule has 0 aliphatic carbocycles. The molecule has 5 nitrogen and oxygen atoms in total. The van der Waals surface area contributed by atoms with Gasteiger partial charge in [-0.3, -0.25) is 10.1 Å². The van der Waals surface area contributed by atoms with Crippen molar-refractivity contribution in [2.75, 3.05) is 6.61 Å². The van der Waals surface area contributed by atoms with E-state index in [9.17, 15) is 10.1 Å². The third-order valence-electron chi connectivity index (χ3n) is 3.45. The lowest BCUT2D eigenvalue weighted by Gasteiger charge is -2.00. The summed E-state index contributed by atoms with van der Waals surface area (Å²) >= 11 is 0. The molecule has 0 radical (unpaired) electrons. The Balaban J connectivity index is 2.20. The largest absolute Gasteiger partial charge is 0.396 e. The number of H-pyrrole nitrogens is 1. The molecule has 0 fully saturated rings. The number of nitrogens with one attached hydrogen (secondary N) is 1. The summed E-state index contributed by atoms with van der Waals surface area (Å²) < 4.78 is 0. The monoisotopic (exact) mass is 282 g/mol. The molecule has 1 aromatic heterocycles. The van der Waals surface area contributed by atoms with Gasteiger partial charge in [-0.1, -0.05) is 30.3 Å². The minimum absolute atomic E-state index is 0.0291. The van der Waals surface area contributed by atoms with Crippen molar-refractivity contribution in [3.05, 3.63) is 64.2 Å². The van der Waals surface area contributed by atoms with E-state index >= 15 is 0 Å². The highest BCUT2D eigenvalue weighted by molar-refractivity contribution is 5.93. The average molecular weight is 282 g/mol. The molecule has 0 amide bonds. The molecule has 0 bridgehead atoms. The molecule has 0 saturated carbocycles. The second kappa shape index (κ2) is 5.38. The Hall–Kier alpha value is -2.66. The van der Waals surface area contributed by atoms with E-state index in [1.165, 1.54) is 6.07 Å². The number of fused-ring (bicyclic) bond motifs is 1. The first-order valence-electron chi connectivity index (χ1n) is 6.65. The first kappa shape index (κ1) is 13.3. The van der Waals surface area contributed by atoms with Gasteiger partial charge in [0, 0.05) is 23.8 Å². The molecule has 1 heterocycles. The van der Waals surface area contributed by atoms with E-state index in [1.54, 1.807) is 0 Å². The third-order valence-corrected chi connectivity index (χ3v) is 3.45. The molecular formula is C16H14N2O3. The fraction of sp³-hybridized carbons (Fsp3) is 0.125. The zero-order valence-corrected chi connectivity index (χ0v) is 11.2. The molecular weight excluding hydrogens is 268 g/mol. The summed E-state index contributed by atoms with van der Waals surface area (Å²) in [6.45, 7) is -0.0291. The van der Waals surface area contributed by atoms with Crippen LogP contribution in [0.5, 0.6) is 0 Å². The number of aromatic amines is 1. The van der Waals surface area contributed by atoms with Crippen LogP contribution in [0.3, 0.4) is 0 Å². The molecule has 106 valence electrons. The highest BCUT2D eigenvalue weighted by Crippen LogP contribution is 2.31. The van der Waals surface area contributed by atoms with Gasteiger partial charge in [0.15, 0.2) is 0 Å². The number of aliphatic hydroxyl groups excluding tert-OH is 1. The number of rotatable bonds is 4. The number of benzene rings is 2. The van der Waals surface area contributed by atoms with Crippen LogP contribution in [0.4, 0.5) is 5.69 Å². The Morgan fingerprint density at radius 3 is 2.57 bits per heavy atom. The lowest BCUT2D eigenvalue weighted by atomic mass is 10.1. The van der Waals surface area contributed by atoms with Crippen LogP contribution in [0.15, 0.2) is 48.5 Å². The fourth-order valence-electron chi connectivity index (χ4n) is 2.48. The predicted molar refractivity (Wildman–Crippen MR) is 81.2 cm³/mol. The summed E-state index contributed by atoms with van der Waals surface area (Å²) in [5.74, 6) is 0. The first-order chi connectivity index (χ1) is 10.2. The molecule has 0 aliphatic rings. The first-order valence-corrected chi connectivity index (χ1v) is 6.65. The number of hydrogen-bond acceptors (Lipinski definition) is 3. The molecule has 3 aromatic rings. The number of nitro groups is 1. The average Bonchev–Trinajstić information content (AvgIpc) is 2.91. The maximum Gasteiger partial charge on any atom is 0.293 e. The minimum Gasteiger partial charge on any atom is -0.396 e. The maximum absolute atomic E-state index is 11.2. The number of nitro benzene ring substituents is 1. The molecule has 0 unspecified atom stereocenters. The Labute approximate surface area is 121 Å². The lowest BCUT2D eigenvalue weighted by Crippen LogP contribution is -1.95. The molecule has 5 heteroatoms. The maximum atomic E-state index is 11.2. The number of aliphatic hydroxyl groups is 1. The van der Waals surface area contributed by atoms with E-state index in [0.29, 0.717) is 11.9 Å². The second-order valence-corrected chi connectivity index (χ2v) is 4.86. The van der Waals surface area contributed by atoms with Crippen LogP contribution in [0, 0.1) is 10.1 Å².